The van der Waals surface area contributed by atoms with Crippen LogP contribution in [0.2, 0.25) is 0 Å². The van der Waals surface area contributed by atoms with Gasteiger partial charge in [-0.3, -0.25) is 4.79 Å². The van der Waals surface area contributed by atoms with Crippen LogP contribution in [-0.2, 0) is 4.79 Å². The van der Waals surface area contributed by atoms with Gasteiger partial charge in [0.2, 0.25) is 5.91 Å². The molecular weight excluding hydrogens is 398 g/mol. The number of rotatable bonds is 7. The first-order valence-electron chi connectivity index (χ1n) is 8.25. The van der Waals surface area contributed by atoms with Crippen molar-refractivity contribution in [2.24, 2.45) is 10.2 Å². The van der Waals surface area contributed by atoms with E-state index < -0.39 is 0 Å². The van der Waals surface area contributed by atoms with Gasteiger partial charge in [-0.1, -0.05) is 29.6 Å². The van der Waals surface area contributed by atoms with E-state index in [0.29, 0.717) is 16.7 Å². The Morgan fingerprint density at radius 1 is 1.07 bits per heavy atom. The maximum absolute atomic E-state index is 11.2. The predicted octanol–water partition coefficient (Wildman–Crippen LogP) is 3.42. The smallest absolute Gasteiger partial charge is 0.236 e. The molecule has 7 nitrogen and oxygen atoms in total. The van der Waals surface area contributed by atoms with Crippen LogP contribution in [0, 0.1) is 0 Å². The van der Waals surface area contributed by atoms with Gasteiger partial charge in [0.1, 0.15) is 17.2 Å². The Labute approximate surface area is 171 Å². The zero-order chi connectivity index (χ0) is 19.9. The van der Waals surface area contributed by atoms with Crippen molar-refractivity contribution in [3.05, 3.63) is 42.0 Å². The molecule has 3 rings (SSSR count). The Kier molecular flexibility index (Phi) is 6.83. The Morgan fingerprint density at radius 2 is 1.89 bits per heavy atom. The molecule has 0 saturated carbocycles. The maximum Gasteiger partial charge on any atom is 0.236 e. The molecule has 1 N–H and O–H groups in total. The molecule has 1 aliphatic heterocycles. The third kappa shape index (κ3) is 4.79. The van der Waals surface area contributed by atoms with Crippen LogP contribution < -0.4 is 19.5 Å². The summed E-state index contributed by atoms with van der Waals surface area (Å²) in [6.07, 6.45) is 1.62. The zero-order valence-electron chi connectivity index (χ0n) is 15.6. The lowest BCUT2D eigenvalue weighted by Crippen LogP contribution is -2.19. The molecule has 0 unspecified atom stereocenters. The average molecular weight is 418 g/mol. The number of amidine groups is 1. The van der Waals surface area contributed by atoms with Gasteiger partial charge in [0.25, 0.3) is 0 Å². The number of thioether (sulfide) groups is 1. The third-order valence-electron chi connectivity index (χ3n) is 3.76. The molecule has 2 aromatic carbocycles. The van der Waals surface area contributed by atoms with Gasteiger partial charge in [-0.15, -0.1) is 5.10 Å². The Bertz CT molecular complexity index is 931. The standard InChI is InChI=1S/C19H19N3O4S2/c1-24-12-7-8-15(26-3)17(9-12)28-16-6-4-5-14(25-2)13(16)10-20-22-19-21-18(23)11-27-19/h4-10H,11H2,1-3H3,(H,21,22,23). The Balaban J connectivity index is 1.93. The first-order chi connectivity index (χ1) is 13.6. The van der Waals surface area contributed by atoms with Crippen molar-refractivity contribution in [1.29, 1.82) is 0 Å². The highest BCUT2D eigenvalue weighted by molar-refractivity contribution is 8.15. The van der Waals surface area contributed by atoms with E-state index in [1.54, 1.807) is 27.5 Å². The van der Waals surface area contributed by atoms with Crippen molar-refractivity contribution >= 4 is 40.8 Å². The second-order valence-corrected chi connectivity index (χ2v) is 7.53. The summed E-state index contributed by atoms with van der Waals surface area (Å²) in [4.78, 5) is 13.1. The minimum atomic E-state index is -0.0717. The molecule has 0 atom stereocenters. The van der Waals surface area contributed by atoms with Crippen LogP contribution in [0.1, 0.15) is 5.56 Å². The number of ether oxygens (including phenoxy) is 3. The van der Waals surface area contributed by atoms with Crippen LogP contribution in [0.25, 0.3) is 0 Å². The van der Waals surface area contributed by atoms with Crippen molar-refractivity contribution in [2.45, 2.75) is 9.79 Å². The van der Waals surface area contributed by atoms with Crippen LogP contribution in [0.3, 0.4) is 0 Å². The molecule has 28 heavy (non-hydrogen) atoms. The average Bonchev–Trinajstić information content (AvgIpc) is 3.13. The van der Waals surface area contributed by atoms with E-state index in [1.165, 1.54) is 23.5 Å². The van der Waals surface area contributed by atoms with Crippen LogP contribution in [0.4, 0.5) is 0 Å². The normalized spacial score (nSPS) is 15.1. The van der Waals surface area contributed by atoms with E-state index >= 15 is 0 Å². The van der Waals surface area contributed by atoms with Gasteiger partial charge in [-0.25, -0.2) is 0 Å². The molecular formula is C19H19N3O4S2. The minimum absolute atomic E-state index is 0.0717. The number of hydrogen-bond acceptors (Lipinski definition) is 8. The third-order valence-corrected chi connectivity index (χ3v) is 5.74. The van der Waals surface area contributed by atoms with Crippen LogP contribution in [-0.4, -0.2) is 44.4 Å². The monoisotopic (exact) mass is 417 g/mol. The molecule has 9 heteroatoms. The SMILES string of the molecule is COc1ccc(OC)c(Sc2cccc(OC)c2C=NN=C2NC(=O)CS2)c1. The molecule has 1 heterocycles. The number of hydrogen-bond donors (Lipinski definition) is 1. The number of carbonyl (C=O) groups excluding carboxylic acids is 1. The van der Waals surface area contributed by atoms with Crippen molar-refractivity contribution in [1.82, 2.24) is 5.32 Å². The summed E-state index contributed by atoms with van der Waals surface area (Å²) in [5.41, 5.74) is 0.776. The maximum atomic E-state index is 11.2. The van der Waals surface area contributed by atoms with Gasteiger partial charge in [0, 0.05) is 4.90 Å². The van der Waals surface area contributed by atoms with Crippen molar-refractivity contribution < 1.29 is 19.0 Å². The molecule has 1 fully saturated rings. The summed E-state index contributed by atoms with van der Waals surface area (Å²) in [6.45, 7) is 0. The van der Waals surface area contributed by atoms with Crippen LogP contribution >= 0.6 is 23.5 Å². The summed E-state index contributed by atoms with van der Waals surface area (Å²) in [5, 5.41) is 11.3. The summed E-state index contributed by atoms with van der Waals surface area (Å²) in [5.74, 6) is 2.43. The lowest BCUT2D eigenvalue weighted by molar-refractivity contribution is -0.116. The number of benzene rings is 2. The molecule has 0 aromatic heterocycles. The number of nitrogens with one attached hydrogen (secondary N) is 1. The molecule has 1 aliphatic rings. The van der Waals surface area contributed by atoms with Crippen molar-refractivity contribution in [3.63, 3.8) is 0 Å². The van der Waals surface area contributed by atoms with E-state index in [9.17, 15) is 4.79 Å². The van der Waals surface area contributed by atoms with E-state index in [1.807, 2.05) is 36.4 Å². The topological polar surface area (TPSA) is 81.5 Å². The van der Waals surface area contributed by atoms with E-state index in [4.69, 9.17) is 14.2 Å². The van der Waals surface area contributed by atoms with E-state index in [-0.39, 0.29) is 5.91 Å². The first kappa shape index (κ1) is 20.1. The summed E-state index contributed by atoms with van der Waals surface area (Å²) in [7, 11) is 4.86. The second-order valence-electron chi connectivity index (χ2n) is 5.48. The zero-order valence-corrected chi connectivity index (χ0v) is 17.2. The minimum Gasteiger partial charge on any atom is -0.497 e. The highest BCUT2D eigenvalue weighted by Crippen LogP contribution is 2.40. The molecule has 1 saturated heterocycles. The molecule has 0 spiro atoms. The van der Waals surface area contributed by atoms with Crippen LogP contribution in [0.15, 0.2) is 56.4 Å². The van der Waals surface area contributed by atoms with Gasteiger partial charge >= 0.3 is 0 Å². The van der Waals surface area contributed by atoms with Crippen LogP contribution in [0.5, 0.6) is 17.2 Å². The fourth-order valence-corrected chi connectivity index (χ4v) is 4.12. The van der Waals surface area contributed by atoms with Crippen molar-refractivity contribution in [3.8, 4) is 17.2 Å². The lowest BCUT2D eigenvalue weighted by Gasteiger charge is -2.13. The molecule has 1 amide bonds. The van der Waals surface area contributed by atoms with E-state index in [2.05, 4.69) is 15.5 Å². The lowest BCUT2D eigenvalue weighted by atomic mass is 10.2. The highest BCUT2D eigenvalue weighted by Gasteiger charge is 2.16. The van der Waals surface area contributed by atoms with Gasteiger partial charge in [0.15, 0.2) is 5.17 Å². The first-order valence-corrected chi connectivity index (χ1v) is 10.1. The number of methoxy groups -OCH3 is 3. The number of carbonyl (C=O) groups is 1. The van der Waals surface area contributed by atoms with E-state index in [0.717, 1.165) is 26.9 Å². The van der Waals surface area contributed by atoms with Crippen molar-refractivity contribution in [2.75, 3.05) is 27.1 Å². The Hall–Kier alpha value is -2.65. The highest BCUT2D eigenvalue weighted by atomic mass is 32.2. The van der Waals surface area contributed by atoms with Gasteiger partial charge < -0.3 is 19.5 Å². The fraction of sp³-hybridized carbons (Fsp3) is 0.211. The second kappa shape index (κ2) is 9.52. The molecule has 0 bridgehead atoms. The van der Waals surface area contributed by atoms with Gasteiger partial charge in [-0.05, 0) is 30.3 Å². The number of amides is 1. The molecule has 2 aromatic rings. The largest absolute Gasteiger partial charge is 0.497 e. The fourth-order valence-electron chi connectivity index (χ4n) is 2.42. The Morgan fingerprint density at radius 3 is 2.57 bits per heavy atom. The molecule has 146 valence electrons. The molecule has 0 radical (unpaired) electrons. The van der Waals surface area contributed by atoms with Gasteiger partial charge in [-0.2, -0.15) is 5.10 Å². The predicted molar refractivity (Wildman–Crippen MR) is 112 cm³/mol. The van der Waals surface area contributed by atoms with Gasteiger partial charge in [0.05, 0.1) is 43.8 Å². The molecule has 0 aliphatic carbocycles. The summed E-state index contributed by atoms with van der Waals surface area (Å²) < 4.78 is 16.3. The summed E-state index contributed by atoms with van der Waals surface area (Å²) in [6, 6.07) is 11.3. The number of nitrogens with zero attached hydrogens (tertiary/aromatic N) is 2. The summed E-state index contributed by atoms with van der Waals surface area (Å²) >= 11 is 2.83. The quantitative estimate of drug-likeness (QED) is 0.549.